The maximum absolute atomic E-state index is 13.9. The number of aliphatic hydroxyl groups excluding tert-OH is 1. The minimum Gasteiger partial charge on any atom is -0.444 e. The van der Waals surface area contributed by atoms with Gasteiger partial charge in [-0.1, -0.05) is 26.2 Å². The van der Waals surface area contributed by atoms with Crippen LogP contribution in [0, 0.1) is 23.7 Å². The van der Waals surface area contributed by atoms with Gasteiger partial charge >= 0.3 is 25.4 Å². The van der Waals surface area contributed by atoms with Crippen molar-refractivity contribution < 1.29 is 72.8 Å². The van der Waals surface area contributed by atoms with E-state index in [1.807, 2.05) is 114 Å². The van der Waals surface area contributed by atoms with Crippen LogP contribution in [0.1, 0.15) is 250 Å². The number of pyridine rings is 5. The van der Waals surface area contributed by atoms with E-state index in [-0.39, 0.29) is 79.6 Å². The predicted molar refractivity (Wildman–Crippen MR) is 522 cm³/mol. The number of hydrogen-bond acceptors (Lipinski definition) is 33. The molecule has 10 aliphatic heterocycles. The van der Waals surface area contributed by atoms with E-state index in [0.29, 0.717) is 87.1 Å². The molecule has 20 heterocycles. The summed E-state index contributed by atoms with van der Waals surface area (Å²) in [5, 5.41) is 45.9. The second-order valence-corrected chi connectivity index (χ2v) is 39.4. The molecule has 10 bridgehead atoms. The van der Waals surface area contributed by atoms with Crippen molar-refractivity contribution >= 4 is 64.2 Å². The maximum Gasteiger partial charge on any atom is 0.491 e. The number of nitrogen functional groups attached to an aromatic ring is 3. The van der Waals surface area contributed by atoms with Crippen LogP contribution in [0.15, 0.2) is 159 Å². The van der Waals surface area contributed by atoms with Crippen LogP contribution in [-0.4, -0.2) is 226 Å². The average Bonchev–Trinajstić information content (AvgIpc) is 1.61. The van der Waals surface area contributed by atoms with Gasteiger partial charge in [-0.3, -0.25) is 0 Å². The van der Waals surface area contributed by atoms with Crippen molar-refractivity contribution in [3.05, 3.63) is 199 Å². The Morgan fingerprint density at radius 3 is 1.04 bits per heavy atom. The molecule has 15 atom stereocenters. The molecule has 10 saturated heterocycles. The molecule has 20 rings (SSSR count). The monoisotopic (exact) mass is 1970 g/mol. The van der Waals surface area contributed by atoms with Gasteiger partial charge in [0.05, 0.1) is 4.47 Å². The number of carbonyl (C=O) groups is 3. The number of aromatic nitrogens is 15. The Morgan fingerprint density at radius 2 is 0.748 bits per heavy atom. The van der Waals surface area contributed by atoms with Gasteiger partial charge in [0.2, 0.25) is 11.9 Å². The van der Waals surface area contributed by atoms with Crippen LogP contribution in [0.3, 0.4) is 0 Å². The van der Waals surface area contributed by atoms with Gasteiger partial charge in [-0.15, -0.1) is 5.92 Å². The third kappa shape index (κ3) is 28.2. The van der Waals surface area contributed by atoms with E-state index in [2.05, 4.69) is 154 Å². The molecule has 139 heavy (non-hydrogen) atoms. The van der Waals surface area contributed by atoms with E-state index in [1.54, 1.807) is 75.8 Å². The molecule has 10 aliphatic rings. The summed E-state index contributed by atoms with van der Waals surface area (Å²) in [5.74, 6) is 7.23. The number of rotatable bonds is 13. The first-order chi connectivity index (χ1) is 66.6. The van der Waals surface area contributed by atoms with Crippen LogP contribution in [0.5, 0.6) is 0 Å². The summed E-state index contributed by atoms with van der Waals surface area (Å²) in [7, 11) is -1.47. The first-order valence-electron chi connectivity index (χ1n) is 47.1. The number of halogens is 3. The number of fused-ring (bicyclic) bond motifs is 10. The van der Waals surface area contributed by atoms with E-state index in [4.69, 9.17) is 51.8 Å². The van der Waals surface area contributed by atoms with E-state index in [9.17, 15) is 23.2 Å². The lowest BCUT2D eigenvalue weighted by molar-refractivity contribution is -0.620. The second kappa shape index (κ2) is 49.2. The van der Waals surface area contributed by atoms with Crippen LogP contribution < -0.4 is 33.3 Å². The SMILES string of the molecule is CC#CCOOOO.CC(C)(C)OC(=O)N1C2CCC1C(c1cnc(N)c(-c3cncnc3)c1)C2.CC(C)(C)OC(=O)N1C2CCC1C(c1cnc(N)c(-c3cncnc3)c1)C2.CC(C)(C)OC(=O)N1C2CCC1C(c1cnc(N)c(Br)c1)C2.CCC.CCO.Fc1ncc(C2CC3CCC2N3)cc1-c1cncnc1.Fc1ncc(C2CC3CCC2N3)cc1-c1cncnc1.OB(O)c1cncnc1. The number of nitrogens with one attached hydrogen (secondary N) is 2. The highest BCUT2D eigenvalue weighted by Gasteiger charge is 2.54. The van der Waals surface area contributed by atoms with E-state index in [1.165, 1.54) is 76.1 Å². The quantitative estimate of drug-likeness (QED) is 0.00984. The number of ether oxygens (including phenoxy) is 3. The van der Waals surface area contributed by atoms with Crippen molar-refractivity contribution in [3.8, 4) is 56.3 Å². The maximum atomic E-state index is 13.9. The summed E-state index contributed by atoms with van der Waals surface area (Å²) in [6, 6.07) is 13.5. The van der Waals surface area contributed by atoms with E-state index in [0.717, 1.165) is 125 Å². The third-order valence-corrected chi connectivity index (χ3v) is 26.0. The van der Waals surface area contributed by atoms with Crippen LogP contribution in [0.4, 0.5) is 40.6 Å². The van der Waals surface area contributed by atoms with Crippen molar-refractivity contribution in [1.82, 2.24) is 100 Å². The lowest BCUT2D eigenvalue weighted by atomic mass is 9.83. The fourth-order valence-corrected chi connectivity index (χ4v) is 20.2. The van der Waals surface area contributed by atoms with E-state index < -0.39 is 35.8 Å². The molecule has 10 aromatic heterocycles. The number of aliphatic hydroxyl groups is 1. The Bertz CT molecular complexity index is 5460. The topological polar surface area (TPSA) is 493 Å². The van der Waals surface area contributed by atoms with Crippen molar-refractivity contribution in [3.63, 3.8) is 0 Å². The Hall–Kier alpha value is -12.0. The molecule has 10 fully saturated rings. The average molecular weight is 1980 g/mol. The molecule has 15 unspecified atom stereocenters. The summed E-state index contributed by atoms with van der Waals surface area (Å²) in [4.78, 5) is 108. The van der Waals surface area contributed by atoms with Gasteiger partial charge in [-0.2, -0.15) is 13.7 Å². The third-order valence-electron chi connectivity index (χ3n) is 25.4. The molecule has 40 heteroatoms. The van der Waals surface area contributed by atoms with Gasteiger partial charge in [0.1, 0.15) is 72.5 Å². The number of hydrogen-bond donors (Lipinski definition) is 9. The molecule has 0 spiro atoms. The Labute approximate surface area is 818 Å². The Kier molecular flexibility index (Phi) is 37.5. The first-order valence-corrected chi connectivity index (χ1v) is 47.9. The molecule has 12 N–H and O–H groups in total. The van der Waals surface area contributed by atoms with Crippen molar-refractivity contribution in [1.29, 1.82) is 0 Å². The van der Waals surface area contributed by atoms with Crippen LogP contribution in [0.2, 0.25) is 0 Å². The molecule has 0 aromatic carbocycles. The van der Waals surface area contributed by atoms with E-state index >= 15 is 0 Å². The number of amides is 3. The predicted octanol–water partition coefficient (Wildman–Crippen LogP) is 14.9. The first kappa shape index (κ1) is 106. The Balaban J connectivity index is 0.000000148. The van der Waals surface area contributed by atoms with Crippen molar-refractivity contribution in [2.24, 2.45) is 0 Å². The second-order valence-electron chi connectivity index (χ2n) is 38.5. The van der Waals surface area contributed by atoms with Gasteiger partial charge < -0.3 is 71.9 Å². The summed E-state index contributed by atoms with van der Waals surface area (Å²) in [6.45, 7) is 25.0. The standard InChI is InChI=1S/2C20H25N5O2.C16H22BrN3O2.2C15H15FN4.C4H5BN2O2.C4H6O4.C3H8.C2H6O/c2*1-20(2,3)27-19(26)25-14-4-5-17(25)15(7-14)12-6-16(18(21)24-10-12)13-8-22-11-23-9-13;1-16(2,3)22-15(21)20-10-4-5-13(20)11(7-10)9-6-12(17)14(18)19-8-9;2*16-15-13(10-5-17-8-18-6-10)3-9(7-19-15)12-4-11-1-2-14(12)20-11;8-5(9)4-1-6-3-7-2-4;1-2-3-4-6-8-7-5;1-3-2;1-2-3/h2*6,8-11,14-15,17H,4-5,7H2,1-3H3,(H2,21,24);6,8,10-11,13H,4-5,7H2,1-3H3,(H2,18,19);2*3,5-8,11-12,14,20H,1-2,4H2;1-3,8-9H;5H,4H2,1H3;3H2,1-2H3;3H,2H2,1H3. The highest BCUT2D eigenvalue weighted by atomic mass is 79.9. The molecule has 3 amide bonds. The summed E-state index contributed by atoms with van der Waals surface area (Å²) < 4.78 is 45.6. The summed E-state index contributed by atoms with van der Waals surface area (Å²) in [6.07, 6.45) is 48.9. The molecule has 10 aromatic rings. The van der Waals surface area contributed by atoms with Crippen molar-refractivity contribution in [2.75, 3.05) is 30.4 Å². The lowest BCUT2D eigenvalue weighted by Crippen LogP contribution is -2.40. The minimum absolute atomic E-state index is 0.0804. The van der Waals surface area contributed by atoms with Crippen LogP contribution in [-0.2, 0) is 29.2 Å². The zero-order chi connectivity index (χ0) is 99.8. The summed E-state index contributed by atoms with van der Waals surface area (Å²) in [5.41, 5.74) is 28.1. The summed E-state index contributed by atoms with van der Waals surface area (Å²) >= 11 is 3.44. The zero-order valence-electron chi connectivity index (χ0n) is 80.8. The lowest BCUT2D eigenvalue weighted by Gasteiger charge is -2.28. The van der Waals surface area contributed by atoms with Crippen molar-refractivity contribution in [2.45, 2.75) is 300 Å². The fourth-order valence-electron chi connectivity index (χ4n) is 19.8. The Morgan fingerprint density at radius 1 is 0.446 bits per heavy atom. The van der Waals surface area contributed by atoms with Crippen LogP contribution >= 0.6 is 15.9 Å². The number of anilines is 3. The zero-order valence-corrected chi connectivity index (χ0v) is 82.4. The highest BCUT2D eigenvalue weighted by molar-refractivity contribution is 9.10. The van der Waals surface area contributed by atoms with Gasteiger partial charge in [-0.05, 0) is 257 Å². The van der Waals surface area contributed by atoms with Gasteiger partial charge in [0.25, 0.3) is 0 Å². The molecular weight excluding hydrogens is 1850 g/mol. The largest absolute Gasteiger partial charge is 0.491 e. The van der Waals surface area contributed by atoms with Crippen LogP contribution in [0.25, 0.3) is 44.5 Å². The van der Waals surface area contributed by atoms with Gasteiger partial charge in [0.15, 0.2) is 0 Å². The molecule has 0 saturated carbocycles. The normalized spacial score (nSPS) is 23.1. The molecule has 0 radical (unpaired) electrons. The van der Waals surface area contributed by atoms with Gasteiger partial charge in [0, 0.05) is 240 Å². The molecule has 740 valence electrons. The number of nitrogens with two attached hydrogens (primary N) is 3. The minimum atomic E-state index is -1.47. The highest BCUT2D eigenvalue weighted by Crippen LogP contribution is 2.52. The van der Waals surface area contributed by atoms with Gasteiger partial charge in [-0.25, -0.2) is 94.4 Å². The smallest absolute Gasteiger partial charge is 0.444 e. The fraction of sp³-hybridized carbons (Fsp3) is 0.495. The number of carbonyl (C=O) groups excluding carboxylic acids is 3. The number of nitrogens with zero attached hydrogens (tertiary/aromatic N) is 18. The molecule has 0 aliphatic carbocycles. The molecular formula is C99H127BBrF2N23O13. The molecule has 36 nitrogen and oxygen atoms in total.